The Morgan fingerprint density at radius 3 is 2.81 bits per heavy atom. The molecule has 3 rings (SSSR count). The zero-order valence-electron chi connectivity index (χ0n) is 10.9. The third-order valence-corrected chi connectivity index (χ3v) is 3.97. The van der Waals surface area contributed by atoms with E-state index in [0.29, 0.717) is 33.5 Å². The zero-order valence-corrected chi connectivity index (χ0v) is 11.7. The van der Waals surface area contributed by atoms with Gasteiger partial charge >= 0.3 is 6.18 Å². The summed E-state index contributed by atoms with van der Waals surface area (Å²) >= 11 is 0.690. The molecule has 0 fully saturated rings. The maximum Gasteiger partial charge on any atom is 0.426 e. The number of fused-ring (bicyclic) bond motifs is 1. The van der Waals surface area contributed by atoms with Gasteiger partial charge in [-0.3, -0.25) is 0 Å². The number of aromatic amines is 1. The lowest BCUT2D eigenvalue weighted by molar-refractivity contribution is -0.133. The van der Waals surface area contributed by atoms with E-state index < -0.39 is 11.1 Å². The number of halogens is 3. The largest absolute Gasteiger partial charge is 0.426 e. The summed E-state index contributed by atoms with van der Waals surface area (Å²) in [5.41, 5.74) is 1.88. The van der Waals surface area contributed by atoms with Crippen LogP contribution in [0.25, 0.3) is 22.2 Å². The first-order chi connectivity index (χ1) is 10.0. The number of nitrogens with zero attached hydrogens (tertiary/aromatic N) is 1. The third kappa shape index (κ3) is 2.41. The molecule has 0 bridgehead atoms. The van der Waals surface area contributed by atoms with E-state index in [1.165, 1.54) is 11.4 Å². The predicted molar refractivity (Wildman–Crippen MR) is 77.0 cm³/mol. The van der Waals surface area contributed by atoms with Crippen molar-refractivity contribution in [1.82, 2.24) is 9.97 Å². The van der Waals surface area contributed by atoms with Crippen LogP contribution in [0.2, 0.25) is 0 Å². The molecule has 0 unspecified atom stereocenters. The van der Waals surface area contributed by atoms with Gasteiger partial charge in [0.2, 0.25) is 0 Å². The minimum Gasteiger partial charge on any atom is -0.346 e. The number of rotatable bonds is 1. The highest BCUT2D eigenvalue weighted by molar-refractivity contribution is 7.10. The van der Waals surface area contributed by atoms with Crippen molar-refractivity contribution in [1.29, 1.82) is 0 Å². The molecule has 106 valence electrons. The molecule has 3 heterocycles. The number of nitrogens with one attached hydrogen (secondary N) is 1. The van der Waals surface area contributed by atoms with Crippen LogP contribution in [0.15, 0.2) is 29.9 Å². The molecule has 3 aromatic heterocycles. The molecule has 0 amide bonds. The third-order valence-electron chi connectivity index (χ3n) is 3.01. The van der Waals surface area contributed by atoms with Crippen molar-refractivity contribution in [2.75, 3.05) is 0 Å². The summed E-state index contributed by atoms with van der Waals surface area (Å²) in [5.74, 6) is 5.61. The quantitative estimate of drug-likeness (QED) is 0.650. The number of thiophene rings is 1. The number of pyridine rings is 1. The fourth-order valence-electron chi connectivity index (χ4n) is 2.18. The van der Waals surface area contributed by atoms with Gasteiger partial charge in [-0.25, -0.2) is 4.98 Å². The van der Waals surface area contributed by atoms with Crippen molar-refractivity contribution in [3.05, 3.63) is 40.3 Å². The van der Waals surface area contributed by atoms with Crippen LogP contribution in [-0.2, 0) is 6.18 Å². The molecule has 0 aliphatic rings. The first-order valence-corrected chi connectivity index (χ1v) is 6.93. The number of H-pyrrole nitrogens is 1. The molecule has 0 aliphatic heterocycles. The number of hydrogen-bond donors (Lipinski definition) is 1. The Hall–Kier alpha value is -2.26. The molecular weight excluding hydrogens is 297 g/mol. The minimum atomic E-state index is -4.36. The highest BCUT2D eigenvalue weighted by Crippen LogP contribution is 2.42. The van der Waals surface area contributed by atoms with Gasteiger partial charge < -0.3 is 4.98 Å². The lowest BCUT2D eigenvalue weighted by Crippen LogP contribution is -2.03. The summed E-state index contributed by atoms with van der Waals surface area (Å²) in [6, 6.07) is 3.23. The predicted octanol–water partition coefficient (Wildman–Crippen LogP) is 4.68. The highest BCUT2D eigenvalue weighted by Gasteiger charge is 2.35. The lowest BCUT2D eigenvalue weighted by atomic mass is 10.1. The van der Waals surface area contributed by atoms with Crippen molar-refractivity contribution in [2.45, 2.75) is 13.1 Å². The van der Waals surface area contributed by atoms with E-state index in [4.69, 9.17) is 0 Å². The van der Waals surface area contributed by atoms with E-state index in [0.717, 1.165) is 0 Å². The summed E-state index contributed by atoms with van der Waals surface area (Å²) in [7, 11) is 0. The Bertz CT molecular complexity index is 862. The van der Waals surface area contributed by atoms with Crippen LogP contribution >= 0.6 is 11.3 Å². The van der Waals surface area contributed by atoms with E-state index in [9.17, 15) is 13.2 Å². The second-order valence-electron chi connectivity index (χ2n) is 4.36. The molecule has 2 nitrogen and oxygen atoms in total. The number of alkyl halides is 3. The molecule has 0 atom stereocenters. The Morgan fingerprint density at radius 2 is 2.10 bits per heavy atom. The molecule has 0 aromatic carbocycles. The number of hydrogen-bond acceptors (Lipinski definition) is 2. The van der Waals surface area contributed by atoms with Crippen molar-refractivity contribution < 1.29 is 13.2 Å². The Balaban J connectivity index is 2.23. The van der Waals surface area contributed by atoms with E-state index >= 15 is 0 Å². The van der Waals surface area contributed by atoms with Gasteiger partial charge in [-0.2, -0.15) is 13.2 Å². The van der Waals surface area contributed by atoms with Crippen molar-refractivity contribution in [3.63, 3.8) is 0 Å². The van der Waals surface area contributed by atoms with Crippen molar-refractivity contribution in [3.8, 4) is 23.0 Å². The smallest absolute Gasteiger partial charge is 0.346 e. The van der Waals surface area contributed by atoms with Crippen LogP contribution in [-0.4, -0.2) is 9.97 Å². The lowest BCUT2D eigenvalue weighted by Gasteiger charge is -2.06. The molecule has 0 spiro atoms. The standard InChI is InChI=1S/C15H9F3N2S/c1-2-3-9-6-11-12(8-20-14(11)19-7-9)10-4-5-21-13(10)15(16,17)18/h4-8H,1H3,(H,19,20). The van der Waals surface area contributed by atoms with Crippen molar-refractivity contribution in [2.24, 2.45) is 0 Å². The minimum absolute atomic E-state index is 0.169. The van der Waals surface area contributed by atoms with Crippen LogP contribution in [0, 0.1) is 11.8 Å². The Labute approximate surface area is 122 Å². The van der Waals surface area contributed by atoms with Crippen LogP contribution in [0.3, 0.4) is 0 Å². The topological polar surface area (TPSA) is 28.7 Å². The molecule has 0 radical (unpaired) electrons. The SMILES string of the molecule is CC#Cc1cnc2[nH]cc(-c3ccsc3C(F)(F)F)c2c1. The Morgan fingerprint density at radius 1 is 1.29 bits per heavy atom. The first-order valence-electron chi connectivity index (χ1n) is 6.05. The van der Waals surface area contributed by atoms with E-state index in [2.05, 4.69) is 21.8 Å². The van der Waals surface area contributed by atoms with Gasteiger partial charge in [0, 0.05) is 34.5 Å². The first kappa shape index (κ1) is 13.7. The zero-order chi connectivity index (χ0) is 15.0. The van der Waals surface area contributed by atoms with Gasteiger partial charge in [-0.15, -0.1) is 17.3 Å². The van der Waals surface area contributed by atoms with Crippen LogP contribution in [0.4, 0.5) is 13.2 Å². The van der Waals surface area contributed by atoms with Gasteiger partial charge in [-0.1, -0.05) is 5.92 Å². The highest BCUT2D eigenvalue weighted by atomic mass is 32.1. The molecule has 21 heavy (non-hydrogen) atoms. The van der Waals surface area contributed by atoms with Gasteiger partial charge in [0.05, 0.1) is 0 Å². The summed E-state index contributed by atoms with van der Waals surface area (Å²) in [6.07, 6.45) is -1.21. The summed E-state index contributed by atoms with van der Waals surface area (Å²) in [5, 5.41) is 2.08. The molecule has 1 N–H and O–H groups in total. The van der Waals surface area contributed by atoms with Crippen LogP contribution in [0.5, 0.6) is 0 Å². The summed E-state index contributed by atoms with van der Waals surface area (Å²) in [6.45, 7) is 1.70. The fraction of sp³-hybridized carbons (Fsp3) is 0.133. The summed E-state index contributed by atoms with van der Waals surface area (Å²) < 4.78 is 39.1. The Kier molecular flexibility index (Phi) is 3.22. The fourth-order valence-corrected chi connectivity index (χ4v) is 2.96. The van der Waals surface area contributed by atoms with Gasteiger partial charge in [-0.05, 0) is 24.4 Å². The molecule has 6 heteroatoms. The molecular formula is C15H9F3N2S. The second-order valence-corrected chi connectivity index (χ2v) is 5.27. The van der Waals surface area contributed by atoms with Crippen LogP contribution in [0.1, 0.15) is 17.4 Å². The van der Waals surface area contributed by atoms with Gasteiger partial charge in [0.25, 0.3) is 0 Å². The monoisotopic (exact) mass is 306 g/mol. The normalized spacial score (nSPS) is 11.4. The molecule has 0 aliphatic carbocycles. The maximum absolute atomic E-state index is 13.0. The maximum atomic E-state index is 13.0. The second kappa shape index (κ2) is 4.93. The van der Waals surface area contributed by atoms with Gasteiger partial charge in [0.15, 0.2) is 0 Å². The average molecular weight is 306 g/mol. The van der Waals surface area contributed by atoms with E-state index in [1.54, 1.807) is 25.4 Å². The van der Waals surface area contributed by atoms with Gasteiger partial charge in [0.1, 0.15) is 10.5 Å². The van der Waals surface area contributed by atoms with Crippen LogP contribution < -0.4 is 0 Å². The van der Waals surface area contributed by atoms with Crippen molar-refractivity contribution >= 4 is 22.4 Å². The summed E-state index contributed by atoms with van der Waals surface area (Å²) in [4.78, 5) is 6.49. The molecule has 3 aromatic rings. The van der Waals surface area contributed by atoms with E-state index in [-0.39, 0.29) is 5.56 Å². The molecule has 0 saturated heterocycles. The number of aromatic nitrogens is 2. The van der Waals surface area contributed by atoms with E-state index in [1.807, 2.05) is 0 Å². The average Bonchev–Trinajstić information content (AvgIpc) is 3.03. The molecule has 0 saturated carbocycles.